The Balaban J connectivity index is 2.35. The van der Waals surface area contributed by atoms with Crippen LogP contribution >= 0.6 is 0 Å². The van der Waals surface area contributed by atoms with Crippen LogP contribution in [0, 0.1) is 5.92 Å². The molecule has 0 radical (unpaired) electrons. The monoisotopic (exact) mass is 295 g/mol. The number of phenols is 1. The van der Waals surface area contributed by atoms with Crippen molar-refractivity contribution in [1.29, 1.82) is 0 Å². The van der Waals surface area contributed by atoms with Crippen molar-refractivity contribution in [3.63, 3.8) is 0 Å². The lowest BCUT2D eigenvalue weighted by molar-refractivity contribution is -0.119. The Morgan fingerprint density at radius 2 is 1.90 bits per heavy atom. The molecule has 1 aromatic rings. The van der Waals surface area contributed by atoms with E-state index in [1.165, 1.54) is 24.3 Å². The third kappa shape index (κ3) is 5.93. The van der Waals surface area contributed by atoms with E-state index in [0.29, 0.717) is 5.56 Å². The van der Waals surface area contributed by atoms with Gasteiger partial charge >= 0.3 is 5.97 Å². The normalized spacial score (nSPS) is 13.7. The van der Waals surface area contributed by atoms with Gasteiger partial charge in [-0.3, -0.25) is 4.84 Å². The Morgan fingerprint density at radius 1 is 1.29 bits per heavy atom. The zero-order chi connectivity index (χ0) is 15.8. The smallest absolute Gasteiger partial charge is 0.338 e. The second-order valence-electron chi connectivity index (χ2n) is 5.10. The number of aromatic hydroxyl groups is 1. The molecule has 0 aliphatic heterocycles. The second kappa shape index (κ2) is 8.39. The van der Waals surface area contributed by atoms with Crippen molar-refractivity contribution in [3.05, 3.63) is 29.8 Å². The second-order valence-corrected chi connectivity index (χ2v) is 5.10. The molecule has 0 aliphatic carbocycles. The molecule has 0 aromatic heterocycles. The summed E-state index contributed by atoms with van der Waals surface area (Å²) in [4.78, 5) is 27.8. The molecule has 2 N–H and O–H groups in total. The van der Waals surface area contributed by atoms with E-state index in [0.717, 1.165) is 6.29 Å². The molecule has 2 atom stereocenters. The number of aldehydes is 1. The summed E-state index contributed by atoms with van der Waals surface area (Å²) in [5, 5.41) is 9.14. The number of phenolic OH excluding ortho intramolecular Hbond substituents is 1. The van der Waals surface area contributed by atoms with Crippen LogP contribution < -0.4 is 5.48 Å². The molecule has 0 bridgehead atoms. The predicted molar refractivity (Wildman–Crippen MR) is 76.8 cm³/mol. The van der Waals surface area contributed by atoms with Crippen LogP contribution in [0.4, 0.5) is 0 Å². The van der Waals surface area contributed by atoms with Gasteiger partial charge in [-0.15, -0.1) is 0 Å². The van der Waals surface area contributed by atoms with E-state index in [1.807, 2.05) is 13.8 Å². The van der Waals surface area contributed by atoms with Crippen LogP contribution in [-0.4, -0.2) is 36.1 Å². The van der Waals surface area contributed by atoms with Gasteiger partial charge < -0.3 is 14.6 Å². The molecule has 0 spiro atoms. The van der Waals surface area contributed by atoms with E-state index in [-0.39, 0.29) is 18.3 Å². The van der Waals surface area contributed by atoms with Gasteiger partial charge in [0.1, 0.15) is 24.7 Å². The number of nitrogens with one attached hydrogen (secondary N) is 1. The van der Waals surface area contributed by atoms with E-state index >= 15 is 0 Å². The minimum atomic E-state index is -0.499. The fourth-order valence-corrected chi connectivity index (χ4v) is 1.42. The fraction of sp³-hybridized carbons (Fsp3) is 0.467. The quantitative estimate of drug-likeness (QED) is 0.431. The summed E-state index contributed by atoms with van der Waals surface area (Å²) in [5.74, 6) is -0.309. The molecule has 0 heterocycles. The number of hydrogen-bond acceptors (Lipinski definition) is 6. The molecule has 0 saturated heterocycles. The highest BCUT2D eigenvalue weighted by Crippen LogP contribution is 2.10. The number of carbonyl (C=O) groups is 2. The Kier molecular flexibility index (Phi) is 6.84. The van der Waals surface area contributed by atoms with Crippen molar-refractivity contribution in [3.8, 4) is 5.75 Å². The van der Waals surface area contributed by atoms with Gasteiger partial charge in [-0.25, -0.2) is 4.79 Å². The first kappa shape index (κ1) is 17.1. The fourth-order valence-electron chi connectivity index (χ4n) is 1.42. The van der Waals surface area contributed by atoms with E-state index in [2.05, 4.69) is 5.48 Å². The van der Waals surface area contributed by atoms with Crippen LogP contribution in [0.5, 0.6) is 5.75 Å². The predicted octanol–water partition coefficient (Wildman–Crippen LogP) is 1.68. The molecule has 1 aromatic carbocycles. The summed E-state index contributed by atoms with van der Waals surface area (Å²) in [6, 6.07) is 5.37. The number of hydroxylamine groups is 1. The molecule has 0 saturated carbocycles. The standard InChI is InChI=1S/C15H21NO5/c1-10(2)14(8-17)16-21-11(3)9-20-15(19)12-4-6-13(18)7-5-12/h4-8,10-11,14,16,18H,9H2,1-3H3. The highest BCUT2D eigenvalue weighted by molar-refractivity contribution is 5.89. The molecule has 0 fully saturated rings. The van der Waals surface area contributed by atoms with Crippen LogP contribution in [0.25, 0.3) is 0 Å². The molecule has 116 valence electrons. The van der Waals surface area contributed by atoms with Crippen molar-refractivity contribution in [1.82, 2.24) is 5.48 Å². The summed E-state index contributed by atoms with van der Waals surface area (Å²) in [6.45, 7) is 5.56. The summed E-state index contributed by atoms with van der Waals surface area (Å²) in [6.07, 6.45) is 0.382. The molecular weight excluding hydrogens is 274 g/mol. The number of ether oxygens (including phenoxy) is 1. The Hall–Kier alpha value is -1.92. The van der Waals surface area contributed by atoms with Gasteiger partial charge in [-0.1, -0.05) is 13.8 Å². The van der Waals surface area contributed by atoms with Gasteiger partial charge in [-0.05, 0) is 37.1 Å². The SMILES string of the molecule is CC(COC(=O)c1ccc(O)cc1)ONC(C=O)C(C)C. The lowest BCUT2D eigenvalue weighted by Crippen LogP contribution is -2.38. The third-order valence-corrected chi connectivity index (χ3v) is 2.82. The average molecular weight is 295 g/mol. The van der Waals surface area contributed by atoms with Crippen LogP contribution in [-0.2, 0) is 14.4 Å². The van der Waals surface area contributed by atoms with E-state index < -0.39 is 18.1 Å². The summed E-state index contributed by atoms with van der Waals surface area (Å²) in [5.41, 5.74) is 3.00. The first-order chi connectivity index (χ1) is 9.93. The molecule has 6 heteroatoms. The van der Waals surface area contributed by atoms with E-state index in [9.17, 15) is 9.59 Å². The van der Waals surface area contributed by atoms with Gasteiger partial charge in [0.15, 0.2) is 0 Å². The number of carbonyl (C=O) groups excluding carboxylic acids is 2. The number of hydrogen-bond donors (Lipinski definition) is 2. The summed E-state index contributed by atoms with van der Waals surface area (Å²) in [7, 11) is 0. The maximum Gasteiger partial charge on any atom is 0.338 e. The molecule has 6 nitrogen and oxygen atoms in total. The van der Waals surface area contributed by atoms with Gasteiger partial charge in [0.25, 0.3) is 0 Å². The van der Waals surface area contributed by atoms with Gasteiger partial charge in [0.05, 0.1) is 11.6 Å². The van der Waals surface area contributed by atoms with Gasteiger partial charge in [0.2, 0.25) is 0 Å². The first-order valence-corrected chi connectivity index (χ1v) is 6.76. The number of rotatable bonds is 8. The maximum atomic E-state index is 11.7. The highest BCUT2D eigenvalue weighted by Gasteiger charge is 2.15. The molecular formula is C15H21NO5. The largest absolute Gasteiger partial charge is 0.508 e. The number of benzene rings is 1. The van der Waals surface area contributed by atoms with Crippen LogP contribution in [0.15, 0.2) is 24.3 Å². The van der Waals surface area contributed by atoms with Crippen LogP contribution in [0.3, 0.4) is 0 Å². The third-order valence-electron chi connectivity index (χ3n) is 2.82. The molecule has 0 amide bonds. The highest BCUT2D eigenvalue weighted by atomic mass is 16.7. The first-order valence-electron chi connectivity index (χ1n) is 6.76. The van der Waals surface area contributed by atoms with Crippen molar-refractivity contribution in [2.75, 3.05) is 6.61 Å². The molecule has 21 heavy (non-hydrogen) atoms. The molecule has 0 aliphatic rings. The lowest BCUT2D eigenvalue weighted by Gasteiger charge is -2.19. The minimum Gasteiger partial charge on any atom is -0.508 e. The minimum absolute atomic E-state index is 0.0520. The van der Waals surface area contributed by atoms with Crippen LogP contribution in [0.2, 0.25) is 0 Å². The molecule has 1 rings (SSSR count). The van der Waals surface area contributed by atoms with Gasteiger partial charge in [0, 0.05) is 0 Å². The van der Waals surface area contributed by atoms with Crippen LogP contribution in [0.1, 0.15) is 31.1 Å². The Morgan fingerprint density at radius 3 is 2.43 bits per heavy atom. The Labute approximate surface area is 124 Å². The maximum absolute atomic E-state index is 11.7. The average Bonchev–Trinajstić information content (AvgIpc) is 2.45. The van der Waals surface area contributed by atoms with E-state index in [4.69, 9.17) is 14.7 Å². The lowest BCUT2D eigenvalue weighted by atomic mass is 10.1. The van der Waals surface area contributed by atoms with Crippen molar-refractivity contribution in [2.45, 2.75) is 32.9 Å². The number of esters is 1. The van der Waals surface area contributed by atoms with Crippen molar-refractivity contribution < 1.29 is 24.3 Å². The Bertz CT molecular complexity index is 458. The summed E-state index contributed by atoms with van der Waals surface area (Å²) >= 11 is 0. The van der Waals surface area contributed by atoms with Gasteiger partial charge in [-0.2, -0.15) is 5.48 Å². The zero-order valence-corrected chi connectivity index (χ0v) is 12.4. The van der Waals surface area contributed by atoms with Crippen molar-refractivity contribution >= 4 is 12.3 Å². The van der Waals surface area contributed by atoms with E-state index in [1.54, 1.807) is 6.92 Å². The topological polar surface area (TPSA) is 84.9 Å². The molecule has 2 unspecified atom stereocenters. The summed E-state index contributed by atoms with van der Waals surface area (Å²) < 4.78 is 5.08. The van der Waals surface area contributed by atoms with Crippen molar-refractivity contribution in [2.24, 2.45) is 5.92 Å². The zero-order valence-electron chi connectivity index (χ0n) is 12.4.